The number of hydrogen-bond acceptors (Lipinski definition) is 5. The van der Waals surface area contributed by atoms with E-state index < -0.39 is 5.54 Å². The molecule has 2 aromatic heterocycles. The van der Waals surface area contributed by atoms with E-state index in [9.17, 15) is 10.1 Å². The van der Waals surface area contributed by atoms with Gasteiger partial charge in [-0.1, -0.05) is 25.3 Å². The Morgan fingerprint density at radius 3 is 2.61 bits per heavy atom. The minimum atomic E-state index is -0.639. The number of nitrogens with one attached hydrogen (secondary N) is 1. The van der Waals surface area contributed by atoms with E-state index in [2.05, 4.69) is 32.4 Å². The van der Waals surface area contributed by atoms with Crippen LogP contribution in [0, 0.1) is 11.3 Å². The zero-order valence-corrected chi connectivity index (χ0v) is 16.3. The third-order valence-corrected chi connectivity index (χ3v) is 5.93. The van der Waals surface area contributed by atoms with Crippen molar-refractivity contribution in [2.45, 2.75) is 44.2 Å². The third kappa shape index (κ3) is 4.34. The molecule has 28 heavy (non-hydrogen) atoms. The molecule has 0 aromatic carbocycles. The second-order valence-corrected chi connectivity index (χ2v) is 8.05. The Balaban J connectivity index is 1.25. The minimum Gasteiger partial charge on any atom is -0.337 e. The molecule has 1 aliphatic heterocycles. The molecule has 0 unspecified atom stereocenters. The molecule has 2 aromatic rings. The van der Waals surface area contributed by atoms with Gasteiger partial charge in [0.05, 0.1) is 18.3 Å². The van der Waals surface area contributed by atoms with Crippen molar-refractivity contribution in [3.8, 4) is 6.07 Å². The number of piperazine rings is 1. The predicted molar refractivity (Wildman–Crippen MR) is 106 cm³/mol. The first kappa shape index (κ1) is 18.9. The summed E-state index contributed by atoms with van der Waals surface area (Å²) in [6.45, 7) is 4.78. The van der Waals surface area contributed by atoms with Gasteiger partial charge >= 0.3 is 0 Å². The van der Waals surface area contributed by atoms with Crippen LogP contribution in [0.2, 0.25) is 0 Å². The average Bonchev–Trinajstić information content (AvgIpc) is 3.12. The number of fused-ring (bicyclic) bond motifs is 1. The van der Waals surface area contributed by atoms with Crippen LogP contribution in [0.5, 0.6) is 0 Å². The van der Waals surface area contributed by atoms with E-state index in [1.165, 1.54) is 0 Å². The summed E-state index contributed by atoms with van der Waals surface area (Å²) in [7, 11) is 0. The van der Waals surface area contributed by atoms with Crippen molar-refractivity contribution >= 4 is 11.6 Å². The fraction of sp³-hybridized carbons (Fsp3) is 0.571. The van der Waals surface area contributed by atoms with E-state index in [4.69, 9.17) is 0 Å². The van der Waals surface area contributed by atoms with Crippen LogP contribution >= 0.6 is 0 Å². The van der Waals surface area contributed by atoms with Crippen molar-refractivity contribution in [3.63, 3.8) is 0 Å². The number of nitriles is 1. The minimum absolute atomic E-state index is 0.0164. The summed E-state index contributed by atoms with van der Waals surface area (Å²) in [5, 5.41) is 12.6. The summed E-state index contributed by atoms with van der Waals surface area (Å²) in [5.41, 5.74) is 1.41. The molecular weight excluding hydrogens is 352 g/mol. The first-order chi connectivity index (χ1) is 13.7. The summed E-state index contributed by atoms with van der Waals surface area (Å²) in [6, 6.07) is 8.38. The number of imidazole rings is 1. The van der Waals surface area contributed by atoms with Crippen molar-refractivity contribution in [3.05, 3.63) is 36.3 Å². The predicted octanol–water partition coefficient (Wildman–Crippen LogP) is 1.79. The van der Waals surface area contributed by atoms with Crippen LogP contribution in [-0.4, -0.2) is 63.4 Å². The molecule has 148 valence electrons. The molecule has 0 spiro atoms. The maximum absolute atomic E-state index is 12.5. The third-order valence-electron chi connectivity index (χ3n) is 5.93. The highest BCUT2D eigenvalue weighted by molar-refractivity contribution is 5.79. The van der Waals surface area contributed by atoms with Crippen LogP contribution in [0.3, 0.4) is 0 Å². The molecular formula is C21H28N6O. The average molecular weight is 380 g/mol. The second-order valence-electron chi connectivity index (χ2n) is 8.05. The number of carbonyl (C=O) groups excluding carboxylic acids is 1. The van der Waals surface area contributed by atoms with Gasteiger partial charge in [0, 0.05) is 45.1 Å². The van der Waals surface area contributed by atoms with Gasteiger partial charge in [-0.3, -0.25) is 14.6 Å². The highest BCUT2D eigenvalue weighted by Gasteiger charge is 2.34. The number of rotatable bonds is 5. The van der Waals surface area contributed by atoms with E-state index in [1.54, 1.807) is 0 Å². The fourth-order valence-electron chi connectivity index (χ4n) is 4.33. The summed E-state index contributed by atoms with van der Waals surface area (Å²) in [4.78, 5) is 21.7. The van der Waals surface area contributed by atoms with Crippen LogP contribution in [0.25, 0.3) is 5.65 Å². The molecule has 7 heteroatoms. The van der Waals surface area contributed by atoms with Crippen LogP contribution < -0.4 is 5.32 Å². The highest BCUT2D eigenvalue weighted by atomic mass is 16.2. The van der Waals surface area contributed by atoms with Gasteiger partial charge in [-0.25, -0.2) is 4.98 Å². The fourth-order valence-corrected chi connectivity index (χ4v) is 4.33. The molecule has 0 atom stereocenters. The first-order valence-corrected chi connectivity index (χ1v) is 10.3. The van der Waals surface area contributed by atoms with E-state index >= 15 is 0 Å². The first-order valence-electron chi connectivity index (χ1n) is 10.3. The Kier molecular flexibility index (Phi) is 5.60. The van der Waals surface area contributed by atoms with Gasteiger partial charge in [0.25, 0.3) is 0 Å². The molecule has 1 saturated heterocycles. The van der Waals surface area contributed by atoms with E-state index in [0.29, 0.717) is 6.54 Å². The number of aromatic nitrogens is 2. The van der Waals surface area contributed by atoms with Gasteiger partial charge in [0.1, 0.15) is 11.2 Å². The molecule has 0 radical (unpaired) electrons. The van der Waals surface area contributed by atoms with E-state index in [0.717, 1.165) is 76.2 Å². The molecule has 2 aliphatic rings. The van der Waals surface area contributed by atoms with E-state index in [-0.39, 0.29) is 5.91 Å². The van der Waals surface area contributed by atoms with Gasteiger partial charge in [-0.2, -0.15) is 5.26 Å². The Hall–Kier alpha value is -2.43. The maximum Gasteiger partial charge on any atom is 0.235 e. The van der Waals surface area contributed by atoms with Crippen molar-refractivity contribution in [2.24, 2.45) is 0 Å². The van der Waals surface area contributed by atoms with Gasteiger partial charge in [-0.05, 0) is 25.0 Å². The Bertz CT molecular complexity index is 822. The summed E-state index contributed by atoms with van der Waals surface area (Å²) >= 11 is 0. The molecule has 1 N–H and O–H groups in total. The van der Waals surface area contributed by atoms with E-state index in [1.807, 2.05) is 28.8 Å². The molecule has 1 saturated carbocycles. The summed E-state index contributed by atoms with van der Waals surface area (Å²) < 4.78 is 2.05. The summed E-state index contributed by atoms with van der Waals surface area (Å²) in [5.74, 6) is -0.0164. The van der Waals surface area contributed by atoms with Gasteiger partial charge in [-0.15, -0.1) is 0 Å². The summed E-state index contributed by atoms with van der Waals surface area (Å²) in [6.07, 6.45) is 8.87. The Morgan fingerprint density at radius 2 is 1.89 bits per heavy atom. The molecule has 1 aliphatic carbocycles. The highest BCUT2D eigenvalue weighted by Crippen LogP contribution is 2.27. The molecule has 3 heterocycles. The zero-order chi connectivity index (χ0) is 19.4. The smallest absolute Gasteiger partial charge is 0.235 e. The standard InChI is InChI=1S/C21H28N6O/c22-17-21(7-3-1-4-8-21)24-20(28)16-26-12-10-25(11-13-26)14-18-15-27-9-5-2-6-19(27)23-18/h2,5-6,9,15H,1,3-4,7-8,10-14,16H2,(H,24,28). The number of hydrogen-bond donors (Lipinski definition) is 1. The van der Waals surface area contributed by atoms with Crippen molar-refractivity contribution < 1.29 is 4.79 Å². The van der Waals surface area contributed by atoms with Crippen molar-refractivity contribution in [2.75, 3.05) is 32.7 Å². The van der Waals surface area contributed by atoms with Crippen molar-refractivity contribution in [1.29, 1.82) is 5.26 Å². The lowest BCUT2D eigenvalue weighted by Crippen LogP contribution is -2.54. The Morgan fingerprint density at radius 1 is 1.14 bits per heavy atom. The number of carbonyl (C=O) groups is 1. The lowest BCUT2D eigenvalue weighted by atomic mass is 9.83. The topological polar surface area (TPSA) is 76.7 Å². The molecule has 1 amide bonds. The number of amides is 1. The van der Waals surface area contributed by atoms with Crippen LogP contribution in [0.15, 0.2) is 30.6 Å². The monoisotopic (exact) mass is 380 g/mol. The molecule has 0 bridgehead atoms. The van der Waals surface area contributed by atoms with Crippen LogP contribution in [0.1, 0.15) is 37.8 Å². The van der Waals surface area contributed by atoms with Gasteiger partial charge < -0.3 is 9.72 Å². The molecule has 4 rings (SSSR count). The number of nitrogens with zero attached hydrogens (tertiary/aromatic N) is 5. The maximum atomic E-state index is 12.5. The van der Waals surface area contributed by atoms with Gasteiger partial charge in [0.2, 0.25) is 5.91 Å². The molecule has 7 nitrogen and oxygen atoms in total. The largest absolute Gasteiger partial charge is 0.337 e. The quantitative estimate of drug-likeness (QED) is 0.856. The van der Waals surface area contributed by atoms with Gasteiger partial charge in [0.15, 0.2) is 0 Å². The van der Waals surface area contributed by atoms with Crippen molar-refractivity contribution in [1.82, 2.24) is 24.5 Å². The Labute approximate surface area is 165 Å². The number of pyridine rings is 1. The van der Waals surface area contributed by atoms with Crippen LogP contribution in [-0.2, 0) is 11.3 Å². The lowest BCUT2D eigenvalue weighted by molar-refractivity contribution is -0.124. The second kappa shape index (κ2) is 8.29. The normalized spacial score (nSPS) is 20.7. The molecule has 2 fully saturated rings. The SMILES string of the molecule is N#CC1(NC(=O)CN2CCN(Cc3cn4ccccc4n3)CC2)CCCCC1. The zero-order valence-electron chi connectivity index (χ0n) is 16.3. The van der Waals surface area contributed by atoms with Crippen LogP contribution in [0.4, 0.5) is 0 Å². The lowest BCUT2D eigenvalue weighted by Gasteiger charge is -2.35.